The number of hydrogen-bond acceptors (Lipinski definition) is 4. The molecule has 4 rings (SSSR count). The van der Waals surface area contributed by atoms with Gasteiger partial charge in [0.15, 0.2) is 5.65 Å². The summed E-state index contributed by atoms with van der Waals surface area (Å²) >= 11 is 3.42. The minimum Gasteiger partial charge on any atom is -0.376 e. The molecule has 2 fully saturated rings. The molecule has 0 amide bonds. The Labute approximate surface area is 119 Å². The lowest BCUT2D eigenvalue weighted by atomic mass is 10.1. The molecular weight excluding hydrogens is 308 g/mol. The van der Waals surface area contributed by atoms with Gasteiger partial charge in [0.05, 0.1) is 12.1 Å². The Morgan fingerprint density at radius 3 is 3.00 bits per heavy atom. The van der Waals surface area contributed by atoms with Gasteiger partial charge < -0.3 is 10.5 Å². The van der Waals surface area contributed by atoms with Crippen LogP contribution in [0.2, 0.25) is 0 Å². The molecule has 2 aromatic heterocycles. The number of ether oxygens (including phenoxy) is 1. The zero-order valence-corrected chi connectivity index (χ0v) is 12.0. The van der Waals surface area contributed by atoms with E-state index in [1.807, 2.05) is 6.07 Å². The number of anilines is 1. The minimum atomic E-state index is 0.283. The smallest absolute Gasteiger partial charge is 0.202 e. The molecule has 2 aliphatic rings. The van der Waals surface area contributed by atoms with Gasteiger partial charge in [-0.2, -0.15) is 0 Å². The van der Waals surface area contributed by atoms with Crippen LogP contribution in [-0.2, 0) is 4.74 Å². The summed E-state index contributed by atoms with van der Waals surface area (Å²) in [4.78, 5) is 8.90. The van der Waals surface area contributed by atoms with Gasteiger partial charge in [-0.1, -0.05) is 0 Å². The molecule has 3 heterocycles. The largest absolute Gasteiger partial charge is 0.376 e. The van der Waals surface area contributed by atoms with Crippen molar-refractivity contribution in [2.75, 3.05) is 12.3 Å². The molecule has 1 saturated carbocycles. The number of fused-ring (bicyclic) bond motifs is 1. The van der Waals surface area contributed by atoms with E-state index in [4.69, 9.17) is 10.5 Å². The average Bonchev–Trinajstić information content (AvgIpc) is 3.02. The minimum absolute atomic E-state index is 0.283. The first kappa shape index (κ1) is 11.7. The van der Waals surface area contributed by atoms with E-state index in [9.17, 15) is 0 Å². The Bertz CT molecular complexity index is 637. The van der Waals surface area contributed by atoms with Crippen molar-refractivity contribution in [1.82, 2.24) is 14.5 Å². The van der Waals surface area contributed by atoms with E-state index in [-0.39, 0.29) is 12.1 Å². The predicted octanol–water partition coefficient (Wildman–Crippen LogP) is 2.52. The van der Waals surface area contributed by atoms with Gasteiger partial charge in [-0.05, 0) is 47.2 Å². The lowest BCUT2D eigenvalue weighted by Crippen LogP contribution is -2.23. The van der Waals surface area contributed by atoms with E-state index in [1.54, 1.807) is 6.20 Å². The summed E-state index contributed by atoms with van der Waals surface area (Å²) in [5.74, 6) is 1.24. The number of imidazole rings is 1. The normalized spacial score (nSPS) is 27.2. The van der Waals surface area contributed by atoms with Gasteiger partial charge in [0.25, 0.3) is 0 Å². The third kappa shape index (κ3) is 1.85. The molecule has 1 aliphatic carbocycles. The highest BCUT2D eigenvalue weighted by Crippen LogP contribution is 2.44. The van der Waals surface area contributed by atoms with Crippen molar-refractivity contribution in [3.8, 4) is 0 Å². The van der Waals surface area contributed by atoms with E-state index in [2.05, 4.69) is 30.5 Å². The Morgan fingerprint density at radius 2 is 2.21 bits per heavy atom. The molecule has 1 saturated heterocycles. The van der Waals surface area contributed by atoms with Crippen molar-refractivity contribution in [2.45, 2.75) is 31.4 Å². The van der Waals surface area contributed by atoms with Gasteiger partial charge in [-0.15, -0.1) is 0 Å². The summed E-state index contributed by atoms with van der Waals surface area (Å²) in [6.07, 6.45) is 5.61. The van der Waals surface area contributed by atoms with Crippen LogP contribution >= 0.6 is 15.9 Å². The summed E-state index contributed by atoms with van der Waals surface area (Å²) in [6, 6.07) is 2.24. The second kappa shape index (κ2) is 4.18. The zero-order valence-electron chi connectivity index (χ0n) is 10.4. The molecule has 2 unspecified atom stereocenters. The van der Waals surface area contributed by atoms with E-state index >= 15 is 0 Å². The highest BCUT2D eigenvalue weighted by atomic mass is 79.9. The summed E-state index contributed by atoms with van der Waals surface area (Å²) in [5.41, 5.74) is 7.81. The van der Waals surface area contributed by atoms with Crippen LogP contribution in [0.4, 0.5) is 5.95 Å². The van der Waals surface area contributed by atoms with E-state index < -0.39 is 0 Å². The summed E-state index contributed by atoms with van der Waals surface area (Å²) in [7, 11) is 0. The molecule has 2 aromatic rings. The molecule has 5 nitrogen and oxygen atoms in total. The Hall–Kier alpha value is -1.14. The third-order valence-electron chi connectivity index (χ3n) is 4.05. The van der Waals surface area contributed by atoms with Crippen molar-refractivity contribution in [1.29, 1.82) is 0 Å². The molecule has 2 atom stereocenters. The molecular formula is C13H15BrN4O. The van der Waals surface area contributed by atoms with Crippen molar-refractivity contribution in [2.24, 2.45) is 5.92 Å². The molecule has 100 valence electrons. The molecule has 0 radical (unpaired) electrons. The zero-order chi connectivity index (χ0) is 13.0. The standard InChI is InChI=1S/C13H15BrN4O/c14-8-5-9-12(16-6-8)18(13(15)17-9)10-3-4-19-11(10)7-1-2-7/h5-7,10-11H,1-4H2,(H2,15,17). The molecule has 6 heteroatoms. The summed E-state index contributed by atoms with van der Waals surface area (Å²) in [5, 5.41) is 0. The van der Waals surface area contributed by atoms with Crippen molar-refractivity contribution < 1.29 is 4.74 Å². The molecule has 19 heavy (non-hydrogen) atoms. The fourth-order valence-corrected chi connectivity index (χ4v) is 3.37. The first-order chi connectivity index (χ1) is 9.24. The van der Waals surface area contributed by atoms with Crippen LogP contribution in [0.15, 0.2) is 16.7 Å². The maximum atomic E-state index is 6.11. The van der Waals surface area contributed by atoms with Gasteiger partial charge in [0.1, 0.15) is 5.52 Å². The van der Waals surface area contributed by atoms with Crippen molar-refractivity contribution in [3.05, 3.63) is 16.7 Å². The molecule has 0 aromatic carbocycles. The highest BCUT2D eigenvalue weighted by molar-refractivity contribution is 9.10. The molecule has 2 N–H and O–H groups in total. The Kier molecular flexibility index (Phi) is 2.57. The highest BCUT2D eigenvalue weighted by Gasteiger charge is 2.42. The number of nitrogens with two attached hydrogens (primary N) is 1. The number of rotatable bonds is 2. The van der Waals surface area contributed by atoms with Gasteiger partial charge >= 0.3 is 0 Å². The second-order valence-electron chi connectivity index (χ2n) is 5.37. The second-order valence-corrected chi connectivity index (χ2v) is 6.28. The van der Waals surface area contributed by atoms with Crippen LogP contribution in [0.3, 0.4) is 0 Å². The van der Waals surface area contributed by atoms with Crippen molar-refractivity contribution >= 4 is 33.0 Å². The Balaban J connectivity index is 1.83. The summed E-state index contributed by atoms with van der Waals surface area (Å²) in [6.45, 7) is 0.807. The molecule has 0 spiro atoms. The van der Waals surface area contributed by atoms with E-state index in [0.717, 1.165) is 28.7 Å². The first-order valence-corrected chi connectivity index (χ1v) is 7.44. The number of nitrogens with zero attached hydrogens (tertiary/aromatic N) is 3. The van der Waals surface area contributed by atoms with Crippen LogP contribution in [0.1, 0.15) is 25.3 Å². The monoisotopic (exact) mass is 322 g/mol. The quantitative estimate of drug-likeness (QED) is 0.922. The van der Waals surface area contributed by atoms with Crippen LogP contribution in [-0.4, -0.2) is 27.2 Å². The van der Waals surface area contributed by atoms with E-state index in [1.165, 1.54) is 12.8 Å². The number of hydrogen-bond donors (Lipinski definition) is 1. The van der Waals surface area contributed by atoms with Gasteiger partial charge in [-0.3, -0.25) is 4.57 Å². The van der Waals surface area contributed by atoms with Crippen LogP contribution in [0.25, 0.3) is 11.2 Å². The fraction of sp³-hybridized carbons (Fsp3) is 0.538. The Morgan fingerprint density at radius 1 is 1.37 bits per heavy atom. The lowest BCUT2D eigenvalue weighted by molar-refractivity contribution is 0.0761. The maximum absolute atomic E-state index is 6.11. The number of aromatic nitrogens is 3. The molecule has 1 aliphatic heterocycles. The topological polar surface area (TPSA) is 66.0 Å². The fourth-order valence-electron chi connectivity index (χ4n) is 3.05. The van der Waals surface area contributed by atoms with Gasteiger partial charge in [0, 0.05) is 17.3 Å². The van der Waals surface area contributed by atoms with Crippen LogP contribution < -0.4 is 5.73 Å². The third-order valence-corrected chi connectivity index (χ3v) is 4.48. The van der Waals surface area contributed by atoms with Crippen LogP contribution in [0.5, 0.6) is 0 Å². The van der Waals surface area contributed by atoms with Crippen molar-refractivity contribution in [3.63, 3.8) is 0 Å². The predicted molar refractivity (Wildman–Crippen MR) is 75.8 cm³/mol. The average molecular weight is 323 g/mol. The first-order valence-electron chi connectivity index (χ1n) is 6.64. The SMILES string of the molecule is Nc1nc2cc(Br)cnc2n1C1CCOC1C1CC1. The van der Waals surface area contributed by atoms with Gasteiger partial charge in [-0.25, -0.2) is 9.97 Å². The maximum Gasteiger partial charge on any atom is 0.202 e. The molecule has 0 bridgehead atoms. The lowest BCUT2D eigenvalue weighted by Gasteiger charge is -2.20. The number of pyridine rings is 1. The van der Waals surface area contributed by atoms with E-state index in [0.29, 0.717) is 11.9 Å². The van der Waals surface area contributed by atoms with Gasteiger partial charge in [0.2, 0.25) is 5.95 Å². The van der Waals surface area contributed by atoms with Crippen LogP contribution in [0, 0.1) is 5.92 Å². The number of nitrogen functional groups attached to an aromatic ring is 1. The summed E-state index contributed by atoms with van der Waals surface area (Å²) < 4.78 is 8.89. The number of halogens is 1.